The van der Waals surface area contributed by atoms with Gasteiger partial charge in [0.2, 0.25) is 5.91 Å². The van der Waals surface area contributed by atoms with Crippen molar-refractivity contribution >= 4 is 27.7 Å². The summed E-state index contributed by atoms with van der Waals surface area (Å²) >= 11 is 3.45. The van der Waals surface area contributed by atoms with Crippen LogP contribution in [-0.2, 0) is 4.79 Å². The Hall–Kier alpha value is -2.14. The molecule has 2 atom stereocenters. The number of amides is 2. The minimum atomic E-state index is 0.0526. The van der Waals surface area contributed by atoms with Crippen molar-refractivity contribution < 1.29 is 9.59 Å². The van der Waals surface area contributed by atoms with Gasteiger partial charge < -0.3 is 9.80 Å². The molecule has 0 bridgehead atoms. The van der Waals surface area contributed by atoms with Gasteiger partial charge in [0.05, 0.1) is 0 Å². The largest absolute Gasteiger partial charge is 0.339 e. The van der Waals surface area contributed by atoms with Gasteiger partial charge in [-0.3, -0.25) is 9.59 Å². The fourth-order valence-electron chi connectivity index (χ4n) is 3.67. The summed E-state index contributed by atoms with van der Waals surface area (Å²) in [4.78, 5) is 29.1. The van der Waals surface area contributed by atoms with Crippen LogP contribution < -0.4 is 0 Å². The Morgan fingerprint density at radius 3 is 2.12 bits per heavy atom. The molecule has 2 aromatic carbocycles. The molecular weight excluding hydrogens is 392 g/mol. The van der Waals surface area contributed by atoms with Crippen LogP contribution in [0, 0.1) is 5.92 Å². The van der Waals surface area contributed by atoms with Crippen molar-refractivity contribution in [3.05, 3.63) is 70.2 Å². The molecule has 0 spiro atoms. The average Bonchev–Trinajstić information content (AvgIpc) is 3.49. The molecule has 1 heterocycles. The van der Waals surface area contributed by atoms with Gasteiger partial charge in [-0.2, -0.15) is 0 Å². The van der Waals surface area contributed by atoms with E-state index in [-0.39, 0.29) is 17.7 Å². The molecule has 0 N–H and O–H groups in total. The highest BCUT2D eigenvalue weighted by Gasteiger charge is 2.46. The van der Waals surface area contributed by atoms with Gasteiger partial charge in [-0.05, 0) is 42.2 Å². The first-order valence-electron chi connectivity index (χ1n) is 9.02. The third-order valence-corrected chi connectivity index (χ3v) is 5.83. The Morgan fingerprint density at radius 2 is 1.46 bits per heavy atom. The lowest BCUT2D eigenvalue weighted by Crippen LogP contribution is -2.51. The monoisotopic (exact) mass is 412 g/mol. The number of benzene rings is 2. The number of hydrogen-bond donors (Lipinski definition) is 0. The number of hydrogen-bond acceptors (Lipinski definition) is 2. The summed E-state index contributed by atoms with van der Waals surface area (Å²) in [6.07, 6.45) is 0.934. The van der Waals surface area contributed by atoms with Crippen LogP contribution in [0.3, 0.4) is 0 Å². The maximum atomic E-state index is 12.8. The molecule has 134 valence electrons. The molecule has 2 unspecified atom stereocenters. The van der Waals surface area contributed by atoms with Gasteiger partial charge in [0.25, 0.3) is 5.91 Å². The zero-order chi connectivity index (χ0) is 18.1. The summed E-state index contributed by atoms with van der Waals surface area (Å²) in [5.41, 5.74) is 1.95. The van der Waals surface area contributed by atoms with Gasteiger partial charge in [-0.1, -0.05) is 46.3 Å². The molecule has 1 saturated carbocycles. The zero-order valence-electron chi connectivity index (χ0n) is 14.5. The molecule has 1 aliphatic heterocycles. The van der Waals surface area contributed by atoms with Gasteiger partial charge in [0.1, 0.15) is 0 Å². The number of carbonyl (C=O) groups excluding carboxylic acids is 2. The van der Waals surface area contributed by atoms with E-state index >= 15 is 0 Å². The molecule has 4 rings (SSSR count). The molecule has 4 nitrogen and oxygen atoms in total. The number of carbonyl (C=O) groups is 2. The summed E-state index contributed by atoms with van der Waals surface area (Å²) in [5.74, 6) is 0.744. The first-order chi connectivity index (χ1) is 12.6. The Morgan fingerprint density at radius 1 is 0.846 bits per heavy atom. The second-order valence-electron chi connectivity index (χ2n) is 6.98. The van der Waals surface area contributed by atoms with Crippen LogP contribution in [-0.4, -0.2) is 47.8 Å². The molecule has 0 aromatic heterocycles. The Bertz CT molecular complexity index is 799. The van der Waals surface area contributed by atoms with Crippen molar-refractivity contribution in [2.75, 3.05) is 26.2 Å². The van der Waals surface area contributed by atoms with Crippen molar-refractivity contribution in [2.24, 2.45) is 5.92 Å². The van der Waals surface area contributed by atoms with Gasteiger partial charge in [0, 0.05) is 42.1 Å². The number of nitrogens with zero attached hydrogens (tertiary/aromatic N) is 2. The molecule has 2 aromatic rings. The highest BCUT2D eigenvalue weighted by atomic mass is 79.9. The van der Waals surface area contributed by atoms with E-state index < -0.39 is 0 Å². The number of halogens is 1. The maximum absolute atomic E-state index is 12.8. The highest BCUT2D eigenvalue weighted by Crippen LogP contribution is 2.48. The topological polar surface area (TPSA) is 40.6 Å². The molecule has 2 aliphatic rings. The van der Waals surface area contributed by atoms with E-state index in [1.165, 1.54) is 5.56 Å². The molecule has 1 aliphatic carbocycles. The van der Waals surface area contributed by atoms with Crippen LogP contribution in [0.4, 0.5) is 0 Å². The smallest absolute Gasteiger partial charge is 0.253 e. The van der Waals surface area contributed by atoms with Gasteiger partial charge in [-0.15, -0.1) is 0 Å². The zero-order valence-corrected chi connectivity index (χ0v) is 16.1. The summed E-state index contributed by atoms with van der Waals surface area (Å²) in [6, 6.07) is 17.6. The van der Waals surface area contributed by atoms with Crippen LogP contribution in [0.2, 0.25) is 0 Å². The van der Waals surface area contributed by atoms with Gasteiger partial charge >= 0.3 is 0 Å². The van der Waals surface area contributed by atoms with Crippen molar-refractivity contribution in [1.82, 2.24) is 9.80 Å². The van der Waals surface area contributed by atoms with Crippen LogP contribution in [0.25, 0.3) is 0 Å². The molecule has 2 amide bonds. The second kappa shape index (κ2) is 7.23. The highest BCUT2D eigenvalue weighted by molar-refractivity contribution is 9.10. The standard InChI is InChI=1S/C21H21BrN2O2/c22-17-8-6-15(7-9-17)18-14-19(18)21(26)24-12-10-23(11-13-24)20(25)16-4-2-1-3-5-16/h1-9,18-19H,10-14H2. The lowest BCUT2D eigenvalue weighted by molar-refractivity contribution is -0.134. The lowest BCUT2D eigenvalue weighted by Gasteiger charge is -2.35. The van der Waals surface area contributed by atoms with Crippen LogP contribution in [0.5, 0.6) is 0 Å². The van der Waals surface area contributed by atoms with Gasteiger partial charge in [-0.25, -0.2) is 0 Å². The lowest BCUT2D eigenvalue weighted by atomic mass is 10.1. The average molecular weight is 413 g/mol. The summed E-state index contributed by atoms with van der Waals surface area (Å²) in [7, 11) is 0. The quantitative estimate of drug-likeness (QED) is 0.773. The molecule has 1 saturated heterocycles. The van der Waals surface area contributed by atoms with E-state index in [2.05, 4.69) is 28.1 Å². The summed E-state index contributed by atoms with van der Waals surface area (Å²) in [6.45, 7) is 2.46. The predicted octanol–water partition coefficient (Wildman–Crippen LogP) is 3.54. The molecule has 2 fully saturated rings. The Labute approximate surface area is 161 Å². The van der Waals surface area contributed by atoms with Crippen molar-refractivity contribution in [1.29, 1.82) is 0 Å². The Balaban J connectivity index is 1.32. The van der Waals surface area contributed by atoms with Crippen LogP contribution in [0.1, 0.15) is 28.3 Å². The number of piperazine rings is 1. The predicted molar refractivity (Wildman–Crippen MR) is 104 cm³/mol. The summed E-state index contributed by atoms with van der Waals surface area (Å²) < 4.78 is 1.06. The Kier molecular flexibility index (Phi) is 4.81. The van der Waals surface area contributed by atoms with E-state index in [0.717, 1.165) is 10.9 Å². The van der Waals surface area contributed by atoms with Crippen molar-refractivity contribution in [2.45, 2.75) is 12.3 Å². The third kappa shape index (κ3) is 3.54. The molecule has 26 heavy (non-hydrogen) atoms. The van der Waals surface area contributed by atoms with E-state index in [1.54, 1.807) is 0 Å². The van der Waals surface area contributed by atoms with E-state index in [9.17, 15) is 9.59 Å². The summed E-state index contributed by atoms with van der Waals surface area (Å²) in [5, 5.41) is 0. The fraction of sp³-hybridized carbons (Fsp3) is 0.333. The normalized spacial score (nSPS) is 22.2. The maximum Gasteiger partial charge on any atom is 0.253 e. The second-order valence-corrected chi connectivity index (χ2v) is 7.90. The van der Waals surface area contributed by atoms with E-state index in [1.807, 2.05) is 52.3 Å². The van der Waals surface area contributed by atoms with E-state index in [0.29, 0.717) is 37.7 Å². The first-order valence-corrected chi connectivity index (χ1v) is 9.81. The molecule has 5 heteroatoms. The van der Waals surface area contributed by atoms with Crippen LogP contribution >= 0.6 is 15.9 Å². The van der Waals surface area contributed by atoms with E-state index in [4.69, 9.17) is 0 Å². The van der Waals surface area contributed by atoms with Crippen LogP contribution in [0.15, 0.2) is 59.1 Å². The molecular formula is C21H21BrN2O2. The molecule has 0 radical (unpaired) electrons. The minimum absolute atomic E-state index is 0.0526. The van der Waals surface area contributed by atoms with Crippen molar-refractivity contribution in [3.63, 3.8) is 0 Å². The first kappa shape index (κ1) is 17.3. The number of rotatable bonds is 3. The SMILES string of the molecule is O=C(c1ccccc1)N1CCN(C(=O)C2CC2c2ccc(Br)cc2)CC1. The minimum Gasteiger partial charge on any atom is -0.339 e. The van der Waals surface area contributed by atoms with Gasteiger partial charge in [0.15, 0.2) is 0 Å². The fourth-order valence-corrected chi connectivity index (χ4v) is 3.94. The third-order valence-electron chi connectivity index (χ3n) is 5.31. The van der Waals surface area contributed by atoms with Crippen molar-refractivity contribution in [3.8, 4) is 0 Å².